The molecular formula is C23H22N2. The van der Waals surface area contributed by atoms with Crippen molar-refractivity contribution in [2.24, 2.45) is 0 Å². The van der Waals surface area contributed by atoms with Crippen molar-refractivity contribution < 1.29 is 0 Å². The molecule has 0 aliphatic rings. The lowest BCUT2D eigenvalue weighted by Gasteiger charge is -2.11. The van der Waals surface area contributed by atoms with Crippen LogP contribution in [0.25, 0.3) is 21.5 Å². The average molecular weight is 326 g/mol. The van der Waals surface area contributed by atoms with Crippen LogP contribution < -0.4 is 10.9 Å². The Kier molecular flexibility index (Phi) is 4.73. The largest absolute Gasteiger partial charge is 0.257 e. The van der Waals surface area contributed by atoms with Crippen LogP contribution in [0.5, 0.6) is 0 Å². The van der Waals surface area contributed by atoms with Crippen LogP contribution in [-0.2, 0) is 13.0 Å². The zero-order valence-electron chi connectivity index (χ0n) is 14.2. The van der Waals surface area contributed by atoms with Gasteiger partial charge in [-0.1, -0.05) is 84.9 Å². The van der Waals surface area contributed by atoms with Crippen molar-refractivity contribution in [2.75, 3.05) is 6.54 Å². The molecular weight excluding hydrogens is 304 g/mol. The van der Waals surface area contributed by atoms with Gasteiger partial charge in [0.1, 0.15) is 0 Å². The van der Waals surface area contributed by atoms with E-state index in [-0.39, 0.29) is 0 Å². The number of hydrogen-bond donors (Lipinski definition) is 2. The summed E-state index contributed by atoms with van der Waals surface area (Å²) in [5.41, 5.74) is 9.43. The maximum Gasteiger partial charge on any atom is 0.0357 e. The molecule has 2 N–H and O–H groups in total. The summed E-state index contributed by atoms with van der Waals surface area (Å²) in [6, 6.07) is 30.1. The first-order valence-corrected chi connectivity index (χ1v) is 8.81. The number of fused-ring (bicyclic) bond motifs is 2. The second-order valence-electron chi connectivity index (χ2n) is 6.31. The first kappa shape index (κ1) is 15.8. The third-order valence-corrected chi connectivity index (χ3v) is 4.68. The van der Waals surface area contributed by atoms with Crippen molar-refractivity contribution in [2.45, 2.75) is 13.0 Å². The zero-order chi connectivity index (χ0) is 16.9. The first-order valence-electron chi connectivity index (χ1n) is 8.81. The summed E-state index contributed by atoms with van der Waals surface area (Å²) in [5, 5.41) is 5.26. The van der Waals surface area contributed by atoms with Crippen molar-refractivity contribution in [3.63, 3.8) is 0 Å². The van der Waals surface area contributed by atoms with E-state index in [0.29, 0.717) is 0 Å². The summed E-state index contributed by atoms with van der Waals surface area (Å²) in [5.74, 6) is 0. The van der Waals surface area contributed by atoms with Gasteiger partial charge in [-0.25, -0.2) is 0 Å². The van der Waals surface area contributed by atoms with Crippen molar-refractivity contribution in [3.8, 4) is 0 Å². The predicted octanol–water partition coefficient (Wildman–Crippen LogP) is 4.83. The molecule has 0 aliphatic carbocycles. The van der Waals surface area contributed by atoms with Crippen molar-refractivity contribution in [1.29, 1.82) is 0 Å². The Morgan fingerprint density at radius 2 is 1.08 bits per heavy atom. The summed E-state index contributed by atoms with van der Waals surface area (Å²) >= 11 is 0. The van der Waals surface area contributed by atoms with Crippen LogP contribution in [0.3, 0.4) is 0 Å². The molecule has 0 fully saturated rings. The van der Waals surface area contributed by atoms with Crippen LogP contribution in [0.1, 0.15) is 11.1 Å². The van der Waals surface area contributed by atoms with Gasteiger partial charge in [-0.15, -0.1) is 0 Å². The molecule has 0 heterocycles. The van der Waals surface area contributed by atoms with Crippen molar-refractivity contribution in [1.82, 2.24) is 10.9 Å². The Morgan fingerprint density at radius 1 is 0.520 bits per heavy atom. The van der Waals surface area contributed by atoms with Crippen LogP contribution >= 0.6 is 0 Å². The SMILES string of the molecule is c1ccc2c(CCNNCc3cccc4ccccc34)cccc2c1. The first-order chi connectivity index (χ1) is 12.4. The quantitative estimate of drug-likeness (QED) is 0.392. The summed E-state index contributed by atoms with van der Waals surface area (Å²) in [6.45, 7) is 1.72. The maximum atomic E-state index is 3.36. The molecule has 0 amide bonds. The topological polar surface area (TPSA) is 24.1 Å². The van der Waals surface area contributed by atoms with Gasteiger partial charge in [-0.3, -0.25) is 10.9 Å². The van der Waals surface area contributed by atoms with Gasteiger partial charge in [0.2, 0.25) is 0 Å². The van der Waals surface area contributed by atoms with Gasteiger partial charge in [-0.05, 0) is 39.1 Å². The molecule has 0 aliphatic heterocycles. The van der Waals surface area contributed by atoms with Gasteiger partial charge >= 0.3 is 0 Å². The molecule has 0 spiro atoms. The highest BCUT2D eigenvalue weighted by atomic mass is 15.3. The van der Waals surface area contributed by atoms with Gasteiger partial charge in [0.25, 0.3) is 0 Å². The molecule has 2 nitrogen and oxygen atoms in total. The highest BCUT2D eigenvalue weighted by molar-refractivity contribution is 5.86. The molecule has 0 aromatic heterocycles. The lowest BCUT2D eigenvalue weighted by atomic mass is 10.0. The molecule has 0 saturated carbocycles. The highest BCUT2D eigenvalue weighted by Gasteiger charge is 2.01. The van der Waals surface area contributed by atoms with Gasteiger partial charge < -0.3 is 0 Å². The van der Waals surface area contributed by atoms with Crippen molar-refractivity contribution >= 4 is 21.5 Å². The molecule has 0 atom stereocenters. The fourth-order valence-corrected chi connectivity index (χ4v) is 3.40. The highest BCUT2D eigenvalue weighted by Crippen LogP contribution is 2.19. The van der Waals surface area contributed by atoms with Crippen LogP contribution in [0, 0.1) is 0 Å². The Morgan fingerprint density at radius 3 is 1.80 bits per heavy atom. The molecule has 0 saturated heterocycles. The fraction of sp³-hybridized carbons (Fsp3) is 0.130. The van der Waals surface area contributed by atoms with Gasteiger partial charge in [0.15, 0.2) is 0 Å². The standard InChI is InChI=1S/C23H22N2/c1-3-13-22-18(7-1)9-5-11-20(22)15-16-24-25-17-21-12-6-10-19-8-2-4-14-23(19)21/h1-14,24-25H,15-17H2. The van der Waals surface area contributed by atoms with Crippen LogP contribution in [0.15, 0.2) is 84.9 Å². The molecule has 2 heteroatoms. The molecule has 4 rings (SSSR count). The van der Waals surface area contributed by atoms with Gasteiger partial charge in [-0.2, -0.15) is 0 Å². The van der Waals surface area contributed by atoms with E-state index in [0.717, 1.165) is 19.5 Å². The summed E-state index contributed by atoms with van der Waals surface area (Å²) < 4.78 is 0. The zero-order valence-corrected chi connectivity index (χ0v) is 14.2. The van der Waals surface area contributed by atoms with Crippen LogP contribution in [0.4, 0.5) is 0 Å². The molecule has 124 valence electrons. The summed E-state index contributed by atoms with van der Waals surface area (Å²) in [6.07, 6.45) is 1.00. The van der Waals surface area contributed by atoms with E-state index in [2.05, 4.69) is 95.8 Å². The van der Waals surface area contributed by atoms with Crippen LogP contribution in [-0.4, -0.2) is 6.54 Å². The van der Waals surface area contributed by atoms with Gasteiger partial charge in [0.05, 0.1) is 0 Å². The molecule has 4 aromatic rings. The van der Waals surface area contributed by atoms with Gasteiger partial charge in [0, 0.05) is 13.1 Å². The normalized spacial score (nSPS) is 11.2. The monoisotopic (exact) mass is 326 g/mol. The van der Waals surface area contributed by atoms with E-state index in [4.69, 9.17) is 0 Å². The minimum Gasteiger partial charge on any atom is -0.257 e. The summed E-state index contributed by atoms with van der Waals surface area (Å²) in [7, 11) is 0. The Hall–Kier alpha value is -2.68. The molecule has 0 bridgehead atoms. The van der Waals surface area contributed by atoms with E-state index in [1.54, 1.807) is 0 Å². The van der Waals surface area contributed by atoms with E-state index >= 15 is 0 Å². The summed E-state index contributed by atoms with van der Waals surface area (Å²) in [4.78, 5) is 0. The number of rotatable bonds is 6. The van der Waals surface area contributed by atoms with Crippen molar-refractivity contribution in [3.05, 3.63) is 96.1 Å². The lowest BCUT2D eigenvalue weighted by molar-refractivity contribution is 0.535. The van der Waals surface area contributed by atoms with E-state index in [1.165, 1.54) is 32.7 Å². The fourth-order valence-electron chi connectivity index (χ4n) is 3.40. The maximum absolute atomic E-state index is 3.36. The number of hydrazine groups is 1. The molecule has 25 heavy (non-hydrogen) atoms. The molecule has 0 radical (unpaired) electrons. The second kappa shape index (κ2) is 7.47. The Balaban J connectivity index is 1.35. The molecule has 4 aromatic carbocycles. The van der Waals surface area contributed by atoms with Crippen LogP contribution in [0.2, 0.25) is 0 Å². The smallest absolute Gasteiger partial charge is 0.0357 e. The molecule has 0 unspecified atom stereocenters. The number of nitrogens with one attached hydrogen (secondary N) is 2. The minimum atomic E-state index is 0.816. The Bertz CT molecular complexity index is 899. The minimum absolute atomic E-state index is 0.816. The van der Waals surface area contributed by atoms with E-state index < -0.39 is 0 Å². The number of hydrogen-bond acceptors (Lipinski definition) is 2. The third-order valence-electron chi connectivity index (χ3n) is 4.68. The average Bonchev–Trinajstić information content (AvgIpc) is 2.68. The predicted molar refractivity (Wildman–Crippen MR) is 106 cm³/mol. The second-order valence-corrected chi connectivity index (χ2v) is 6.31. The van der Waals surface area contributed by atoms with E-state index in [9.17, 15) is 0 Å². The van der Waals surface area contributed by atoms with E-state index in [1.807, 2.05) is 0 Å². The number of benzene rings is 4. The Labute approximate surface area is 148 Å². The third kappa shape index (κ3) is 3.55. The lowest BCUT2D eigenvalue weighted by Crippen LogP contribution is -2.32.